The topological polar surface area (TPSA) is 12.0 Å². The zero-order chi connectivity index (χ0) is 10.3. The normalized spacial score (nSPS) is 11.5. The van der Waals surface area contributed by atoms with Gasteiger partial charge in [-0.3, -0.25) is 0 Å². The van der Waals surface area contributed by atoms with Crippen LogP contribution in [0.5, 0.6) is 0 Å². The maximum absolute atomic E-state index is 3.41. The first-order chi connectivity index (χ1) is 5.92. The Balaban J connectivity index is 3.23. The molecule has 0 heterocycles. The Morgan fingerprint density at radius 3 is 2.31 bits per heavy atom. The van der Waals surface area contributed by atoms with Crippen LogP contribution in [0.2, 0.25) is 0 Å². The van der Waals surface area contributed by atoms with Crippen molar-refractivity contribution in [2.75, 3.05) is 13.1 Å². The standard InChI is InChI=1S/C12H25N/c1-11(2)7-10-13-9-6-8-12(3,4)5/h7,13H,6,8-10H2,1-5H3. The first-order valence-corrected chi connectivity index (χ1v) is 5.26. The summed E-state index contributed by atoms with van der Waals surface area (Å²) >= 11 is 0. The van der Waals surface area contributed by atoms with E-state index in [4.69, 9.17) is 0 Å². The molecule has 1 nitrogen and oxygen atoms in total. The van der Waals surface area contributed by atoms with Crippen LogP contribution in [0, 0.1) is 5.41 Å². The van der Waals surface area contributed by atoms with Gasteiger partial charge in [-0.2, -0.15) is 0 Å². The van der Waals surface area contributed by atoms with Gasteiger partial charge in [0.05, 0.1) is 0 Å². The Labute approximate surface area is 83.6 Å². The van der Waals surface area contributed by atoms with E-state index in [1.165, 1.54) is 18.4 Å². The molecule has 13 heavy (non-hydrogen) atoms. The van der Waals surface area contributed by atoms with Crippen LogP contribution in [0.25, 0.3) is 0 Å². The Hall–Kier alpha value is -0.300. The van der Waals surface area contributed by atoms with Crippen molar-refractivity contribution in [3.63, 3.8) is 0 Å². The number of rotatable bonds is 5. The summed E-state index contributed by atoms with van der Waals surface area (Å²) in [6.07, 6.45) is 4.81. The van der Waals surface area contributed by atoms with Crippen molar-refractivity contribution in [1.82, 2.24) is 5.32 Å². The molecule has 0 atom stereocenters. The molecular weight excluding hydrogens is 158 g/mol. The molecule has 0 aromatic heterocycles. The minimum Gasteiger partial charge on any atom is -0.313 e. The largest absolute Gasteiger partial charge is 0.313 e. The van der Waals surface area contributed by atoms with Crippen molar-refractivity contribution in [3.8, 4) is 0 Å². The lowest BCUT2D eigenvalue weighted by Gasteiger charge is -2.17. The van der Waals surface area contributed by atoms with Gasteiger partial charge in [0, 0.05) is 6.54 Å². The van der Waals surface area contributed by atoms with Crippen LogP contribution in [0.4, 0.5) is 0 Å². The SMILES string of the molecule is CC(C)=CCNCCCC(C)(C)C. The second kappa shape index (κ2) is 6.20. The van der Waals surface area contributed by atoms with E-state index < -0.39 is 0 Å². The summed E-state index contributed by atoms with van der Waals surface area (Å²) in [5, 5.41) is 3.41. The first kappa shape index (κ1) is 12.7. The summed E-state index contributed by atoms with van der Waals surface area (Å²) < 4.78 is 0. The molecule has 0 aliphatic heterocycles. The number of hydrogen-bond acceptors (Lipinski definition) is 1. The van der Waals surface area contributed by atoms with E-state index in [1.807, 2.05) is 0 Å². The van der Waals surface area contributed by atoms with Gasteiger partial charge in [0.15, 0.2) is 0 Å². The molecule has 1 heteroatoms. The van der Waals surface area contributed by atoms with Gasteiger partial charge in [0.25, 0.3) is 0 Å². The van der Waals surface area contributed by atoms with Crippen LogP contribution in [-0.4, -0.2) is 13.1 Å². The molecule has 0 radical (unpaired) electrons. The Morgan fingerprint density at radius 1 is 1.23 bits per heavy atom. The van der Waals surface area contributed by atoms with E-state index >= 15 is 0 Å². The van der Waals surface area contributed by atoms with Gasteiger partial charge in [-0.25, -0.2) is 0 Å². The second-order valence-electron chi connectivity index (χ2n) is 5.15. The molecule has 0 saturated carbocycles. The van der Waals surface area contributed by atoms with Gasteiger partial charge < -0.3 is 5.32 Å². The molecule has 0 fully saturated rings. The first-order valence-electron chi connectivity index (χ1n) is 5.26. The highest BCUT2D eigenvalue weighted by atomic mass is 14.8. The fourth-order valence-electron chi connectivity index (χ4n) is 1.12. The van der Waals surface area contributed by atoms with E-state index in [2.05, 4.69) is 46.0 Å². The molecule has 0 rings (SSSR count). The summed E-state index contributed by atoms with van der Waals surface area (Å²) in [7, 11) is 0. The lowest BCUT2D eigenvalue weighted by atomic mass is 9.91. The van der Waals surface area contributed by atoms with E-state index in [0.717, 1.165) is 13.1 Å². The third kappa shape index (κ3) is 11.7. The van der Waals surface area contributed by atoms with Crippen LogP contribution in [-0.2, 0) is 0 Å². The molecule has 0 aromatic carbocycles. The molecule has 0 saturated heterocycles. The second-order valence-corrected chi connectivity index (χ2v) is 5.15. The predicted molar refractivity (Wildman–Crippen MR) is 61.0 cm³/mol. The lowest BCUT2D eigenvalue weighted by molar-refractivity contribution is 0.362. The summed E-state index contributed by atoms with van der Waals surface area (Å²) in [5.41, 5.74) is 1.88. The Kier molecular flexibility index (Phi) is 6.06. The molecule has 0 bridgehead atoms. The fourth-order valence-corrected chi connectivity index (χ4v) is 1.12. The Morgan fingerprint density at radius 2 is 1.85 bits per heavy atom. The average molecular weight is 183 g/mol. The highest BCUT2D eigenvalue weighted by Gasteiger charge is 2.08. The van der Waals surface area contributed by atoms with Crippen molar-refractivity contribution in [3.05, 3.63) is 11.6 Å². The van der Waals surface area contributed by atoms with Crippen molar-refractivity contribution in [1.29, 1.82) is 0 Å². The number of hydrogen-bond donors (Lipinski definition) is 1. The fraction of sp³-hybridized carbons (Fsp3) is 0.833. The Bertz CT molecular complexity index is 147. The van der Waals surface area contributed by atoms with Crippen LogP contribution in [0.1, 0.15) is 47.5 Å². The summed E-state index contributed by atoms with van der Waals surface area (Å²) in [6.45, 7) is 13.3. The van der Waals surface area contributed by atoms with Crippen molar-refractivity contribution >= 4 is 0 Å². The minimum absolute atomic E-state index is 0.484. The molecule has 78 valence electrons. The molecule has 0 amide bonds. The summed E-state index contributed by atoms with van der Waals surface area (Å²) in [5.74, 6) is 0. The third-order valence-electron chi connectivity index (χ3n) is 1.93. The zero-order valence-electron chi connectivity index (χ0n) is 9.91. The molecule has 1 N–H and O–H groups in total. The summed E-state index contributed by atoms with van der Waals surface area (Å²) in [6, 6.07) is 0. The maximum Gasteiger partial charge on any atom is 0.0137 e. The van der Waals surface area contributed by atoms with Gasteiger partial charge >= 0.3 is 0 Å². The van der Waals surface area contributed by atoms with Gasteiger partial charge in [-0.15, -0.1) is 0 Å². The minimum atomic E-state index is 0.484. The van der Waals surface area contributed by atoms with Crippen LogP contribution in [0.15, 0.2) is 11.6 Å². The van der Waals surface area contributed by atoms with E-state index in [9.17, 15) is 0 Å². The van der Waals surface area contributed by atoms with Crippen LogP contribution >= 0.6 is 0 Å². The average Bonchev–Trinajstić information content (AvgIpc) is 1.93. The highest BCUT2D eigenvalue weighted by Crippen LogP contribution is 2.19. The van der Waals surface area contributed by atoms with Gasteiger partial charge in [-0.1, -0.05) is 32.4 Å². The van der Waals surface area contributed by atoms with Gasteiger partial charge in [0.1, 0.15) is 0 Å². The van der Waals surface area contributed by atoms with E-state index in [0.29, 0.717) is 5.41 Å². The van der Waals surface area contributed by atoms with Crippen molar-refractivity contribution in [2.45, 2.75) is 47.5 Å². The van der Waals surface area contributed by atoms with Crippen molar-refractivity contribution < 1.29 is 0 Å². The quantitative estimate of drug-likeness (QED) is 0.509. The molecule has 0 spiro atoms. The third-order valence-corrected chi connectivity index (χ3v) is 1.93. The van der Waals surface area contributed by atoms with Gasteiger partial charge in [0.2, 0.25) is 0 Å². The van der Waals surface area contributed by atoms with Crippen molar-refractivity contribution in [2.24, 2.45) is 5.41 Å². The maximum atomic E-state index is 3.41. The molecule has 0 aliphatic carbocycles. The predicted octanol–water partition coefficient (Wildman–Crippen LogP) is 3.37. The number of nitrogens with one attached hydrogen (secondary N) is 1. The van der Waals surface area contributed by atoms with E-state index in [1.54, 1.807) is 0 Å². The van der Waals surface area contributed by atoms with Crippen LogP contribution < -0.4 is 5.32 Å². The van der Waals surface area contributed by atoms with Gasteiger partial charge in [-0.05, 0) is 38.6 Å². The van der Waals surface area contributed by atoms with E-state index in [-0.39, 0.29) is 0 Å². The molecular formula is C12H25N. The molecule has 0 unspecified atom stereocenters. The van der Waals surface area contributed by atoms with Crippen LogP contribution in [0.3, 0.4) is 0 Å². The molecule has 0 aliphatic rings. The lowest BCUT2D eigenvalue weighted by Crippen LogP contribution is -2.17. The number of allylic oxidation sites excluding steroid dienone is 1. The highest BCUT2D eigenvalue weighted by molar-refractivity contribution is 4.94. The summed E-state index contributed by atoms with van der Waals surface area (Å²) in [4.78, 5) is 0. The smallest absolute Gasteiger partial charge is 0.0137 e. The zero-order valence-corrected chi connectivity index (χ0v) is 9.91. The monoisotopic (exact) mass is 183 g/mol. The molecule has 0 aromatic rings.